The van der Waals surface area contributed by atoms with Gasteiger partial charge in [-0.3, -0.25) is 4.79 Å². The van der Waals surface area contributed by atoms with Crippen molar-refractivity contribution in [3.05, 3.63) is 53.4 Å². The van der Waals surface area contributed by atoms with E-state index in [0.717, 1.165) is 0 Å². The van der Waals surface area contributed by atoms with Crippen LogP contribution in [0.3, 0.4) is 0 Å². The number of carbonyl (C=O) groups is 1. The number of benzene rings is 1. The van der Waals surface area contributed by atoms with E-state index in [1.807, 2.05) is 12.1 Å². The molecule has 20 heavy (non-hydrogen) atoms. The minimum absolute atomic E-state index is 0.0820. The normalized spacial score (nSPS) is 11.2. The number of amides is 1. The summed E-state index contributed by atoms with van der Waals surface area (Å²) in [4.78, 5) is 11.6. The van der Waals surface area contributed by atoms with Crippen LogP contribution in [0.2, 0.25) is 5.02 Å². The SMILES string of the molecule is C/C(=N\NC(=O)CNc1ccccc1Cl)c1ccco1. The van der Waals surface area contributed by atoms with E-state index < -0.39 is 0 Å². The fourth-order valence-corrected chi connectivity index (χ4v) is 1.71. The molecule has 0 radical (unpaired) electrons. The summed E-state index contributed by atoms with van der Waals surface area (Å²) in [5.74, 6) is 0.347. The first-order valence-corrected chi connectivity index (χ1v) is 6.40. The van der Waals surface area contributed by atoms with Gasteiger partial charge in [-0.25, -0.2) is 5.43 Å². The second kappa shape index (κ2) is 6.77. The van der Waals surface area contributed by atoms with E-state index in [-0.39, 0.29) is 12.5 Å². The van der Waals surface area contributed by atoms with Crippen molar-refractivity contribution >= 4 is 28.9 Å². The maximum Gasteiger partial charge on any atom is 0.259 e. The van der Waals surface area contributed by atoms with E-state index in [9.17, 15) is 4.79 Å². The Hall–Kier alpha value is -2.27. The van der Waals surface area contributed by atoms with Gasteiger partial charge in [0.2, 0.25) is 0 Å². The summed E-state index contributed by atoms with van der Waals surface area (Å²) in [6.45, 7) is 1.83. The predicted octanol–water partition coefficient (Wildman–Crippen LogP) is 2.89. The average Bonchev–Trinajstić information content (AvgIpc) is 2.98. The number of halogens is 1. The zero-order valence-corrected chi connectivity index (χ0v) is 11.6. The molecule has 0 saturated carbocycles. The molecule has 2 N–H and O–H groups in total. The average molecular weight is 292 g/mol. The van der Waals surface area contributed by atoms with Crippen LogP contribution in [0.15, 0.2) is 52.2 Å². The van der Waals surface area contributed by atoms with Crippen LogP contribution in [0, 0.1) is 0 Å². The summed E-state index contributed by atoms with van der Waals surface area (Å²) in [6, 6.07) is 10.7. The first-order chi connectivity index (χ1) is 9.66. The van der Waals surface area contributed by atoms with Gasteiger partial charge in [-0.1, -0.05) is 23.7 Å². The van der Waals surface area contributed by atoms with E-state index in [1.54, 1.807) is 37.5 Å². The van der Waals surface area contributed by atoms with Crippen molar-refractivity contribution in [2.75, 3.05) is 11.9 Å². The number of rotatable bonds is 5. The Morgan fingerprint density at radius 1 is 1.30 bits per heavy atom. The quantitative estimate of drug-likeness (QED) is 0.657. The highest BCUT2D eigenvalue weighted by Crippen LogP contribution is 2.19. The fraction of sp³-hybridized carbons (Fsp3) is 0.143. The Kier molecular flexibility index (Phi) is 4.79. The lowest BCUT2D eigenvalue weighted by Crippen LogP contribution is -2.26. The Morgan fingerprint density at radius 2 is 2.10 bits per heavy atom. The minimum Gasteiger partial charge on any atom is -0.463 e. The van der Waals surface area contributed by atoms with Crippen molar-refractivity contribution in [2.24, 2.45) is 5.10 Å². The van der Waals surface area contributed by atoms with E-state index >= 15 is 0 Å². The maximum atomic E-state index is 11.6. The molecule has 5 nitrogen and oxygen atoms in total. The van der Waals surface area contributed by atoms with Crippen LogP contribution in [0.5, 0.6) is 0 Å². The molecular weight excluding hydrogens is 278 g/mol. The highest BCUT2D eigenvalue weighted by atomic mass is 35.5. The number of carbonyl (C=O) groups excluding carboxylic acids is 1. The first kappa shape index (κ1) is 14.1. The highest BCUT2D eigenvalue weighted by molar-refractivity contribution is 6.33. The van der Waals surface area contributed by atoms with Crippen LogP contribution in [0.1, 0.15) is 12.7 Å². The lowest BCUT2D eigenvalue weighted by Gasteiger charge is -2.07. The zero-order chi connectivity index (χ0) is 14.4. The van der Waals surface area contributed by atoms with Gasteiger partial charge in [-0.2, -0.15) is 5.10 Å². The van der Waals surface area contributed by atoms with E-state index in [0.29, 0.717) is 22.2 Å². The van der Waals surface area contributed by atoms with Crippen molar-refractivity contribution in [2.45, 2.75) is 6.92 Å². The van der Waals surface area contributed by atoms with Gasteiger partial charge in [0.25, 0.3) is 5.91 Å². The van der Waals surface area contributed by atoms with E-state index in [2.05, 4.69) is 15.8 Å². The number of anilines is 1. The molecular formula is C14H14ClN3O2. The van der Waals surface area contributed by atoms with Crippen molar-refractivity contribution in [3.63, 3.8) is 0 Å². The molecule has 0 spiro atoms. The third-order valence-corrected chi connectivity index (χ3v) is 2.87. The summed E-state index contributed by atoms with van der Waals surface area (Å²) in [5.41, 5.74) is 3.75. The van der Waals surface area contributed by atoms with Gasteiger partial charge in [0.15, 0.2) is 0 Å². The van der Waals surface area contributed by atoms with Crippen molar-refractivity contribution in [3.8, 4) is 0 Å². The largest absolute Gasteiger partial charge is 0.463 e. The molecule has 6 heteroatoms. The van der Waals surface area contributed by atoms with E-state index in [4.69, 9.17) is 16.0 Å². The Bertz CT molecular complexity index is 609. The summed E-state index contributed by atoms with van der Waals surface area (Å²) in [7, 11) is 0. The number of furan rings is 1. The van der Waals surface area contributed by atoms with Crippen LogP contribution < -0.4 is 10.7 Å². The first-order valence-electron chi connectivity index (χ1n) is 6.02. The molecule has 1 amide bonds. The molecule has 0 unspecified atom stereocenters. The molecule has 2 rings (SSSR count). The van der Waals surface area contributed by atoms with Gasteiger partial charge < -0.3 is 9.73 Å². The molecule has 1 heterocycles. The minimum atomic E-state index is -0.268. The Morgan fingerprint density at radius 3 is 2.80 bits per heavy atom. The smallest absolute Gasteiger partial charge is 0.259 e. The van der Waals surface area contributed by atoms with E-state index in [1.165, 1.54) is 0 Å². The van der Waals surface area contributed by atoms with Crippen molar-refractivity contribution in [1.29, 1.82) is 0 Å². The second-order valence-corrected chi connectivity index (χ2v) is 4.45. The van der Waals surface area contributed by atoms with Crippen LogP contribution in [0.4, 0.5) is 5.69 Å². The van der Waals surface area contributed by atoms with Gasteiger partial charge in [0.1, 0.15) is 11.5 Å². The molecule has 0 aliphatic carbocycles. The number of hydrogen-bond donors (Lipinski definition) is 2. The van der Waals surface area contributed by atoms with Crippen molar-refractivity contribution in [1.82, 2.24) is 5.43 Å². The molecule has 104 valence electrons. The van der Waals surface area contributed by atoms with Crippen LogP contribution in [0.25, 0.3) is 0 Å². The maximum absolute atomic E-state index is 11.6. The topological polar surface area (TPSA) is 66.6 Å². The Labute approximate surface area is 121 Å². The summed E-state index contributed by atoms with van der Waals surface area (Å²) in [5, 5.41) is 7.45. The molecule has 0 fully saturated rings. The monoisotopic (exact) mass is 291 g/mol. The Balaban J connectivity index is 1.84. The molecule has 2 aromatic rings. The molecule has 0 saturated heterocycles. The lowest BCUT2D eigenvalue weighted by atomic mass is 10.3. The molecule has 0 aliphatic rings. The zero-order valence-electron chi connectivity index (χ0n) is 10.9. The van der Waals surface area contributed by atoms with Gasteiger partial charge in [0, 0.05) is 0 Å². The third-order valence-electron chi connectivity index (χ3n) is 2.54. The van der Waals surface area contributed by atoms with Crippen LogP contribution in [-0.4, -0.2) is 18.2 Å². The number of nitrogens with zero attached hydrogens (tertiary/aromatic N) is 1. The van der Waals surface area contributed by atoms with Gasteiger partial charge >= 0.3 is 0 Å². The third kappa shape index (κ3) is 3.86. The number of nitrogens with one attached hydrogen (secondary N) is 2. The summed E-state index contributed by atoms with van der Waals surface area (Å²) in [6.07, 6.45) is 1.55. The molecule has 1 aromatic carbocycles. The van der Waals surface area contributed by atoms with Crippen LogP contribution in [-0.2, 0) is 4.79 Å². The summed E-state index contributed by atoms with van der Waals surface area (Å²) < 4.78 is 5.16. The lowest BCUT2D eigenvalue weighted by molar-refractivity contribution is -0.119. The molecule has 0 aliphatic heterocycles. The number of hydrazone groups is 1. The molecule has 0 bridgehead atoms. The standard InChI is InChI=1S/C14H14ClN3O2/c1-10(13-7-4-8-20-13)17-18-14(19)9-16-12-6-3-2-5-11(12)15/h2-8,16H,9H2,1H3,(H,18,19)/b17-10+. The van der Waals surface area contributed by atoms with Gasteiger partial charge in [0.05, 0.1) is 23.5 Å². The number of para-hydroxylation sites is 1. The molecule has 1 aromatic heterocycles. The fourth-order valence-electron chi connectivity index (χ4n) is 1.51. The number of hydrogen-bond acceptors (Lipinski definition) is 4. The highest BCUT2D eigenvalue weighted by Gasteiger charge is 2.04. The van der Waals surface area contributed by atoms with Crippen molar-refractivity contribution < 1.29 is 9.21 Å². The summed E-state index contributed by atoms with van der Waals surface area (Å²) >= 11 is 5.97. The second-order valence-electron chi connectivity index (χ2n) is 4.04. The van der Waals surface area contributed by atoms with Gasteiger partial charge in [-0.05, 0) is 31.2 Å². The van der Waals surface area contributed by atoms with Gasteiger partial charge in [-0.15, -0.1) is 0 Å². The van der Waals surface area contributed by atoms with Crippen LogP contribution >= 0.6 is 11.6 Å². The predicted molar refractivity (Wildman–Crippen MR) is 79.0 cm³/mol. The molecule has 0 atom stereocenters.